The smallest absolute Gasteiger partial charge is 0.167 e. The Bertz CT molecular complexity index is 500. The number of rotatable bonds is 0. The van der Waals surface area contributed by atoms with Gasteiger partial charge in [0, 0.05) is 34.7 Å². The van der Waals surface area contributed by atoms with Gasteiger partial charge in [-0.05, 0) is 6.42 Å². The Hall–Kier alpha value is -0.960. The summed E-state index contributed by atoms with van der Waals surface area (Å²) in [4.78, 5) is 24.3. The first kappa shape index (κ1) is 12.1. The summed E-state index contributed by atoms with van der Waals surface area (Å²) >= 11 is 0. The molecule has 3 aliphatic carbocycles. The third kappa shape index (κ3) is 1.09. The molecular weight excluding hydrogens is 228 g/mol. The highest BCUT2D eigenvalue weighted by atomic mass is 16.3. The number of carbonyl (C=O) groups is 2. The Morgan fingerprint density at radius 2 is 1.83 bits per heavy atom. The fourth-order valence-corrected chi connectivity index (χ4v) is 4.30. The quantitative estimate of drug-likeness (QED) is 0.712. The number of allylic oxidation sites excluding steroid dienone is 1. The molecular formula is C15H20O3. The molecule has 0 bridgehead atoms. The van der Waals surface area contributed by atoms with Crippen molar-refractivity contribution in [2.75, 3.05) is 0 Å². The van der Waals surface area contributed by atoms with Crippen molar-refractivity contribution in [3.8, 4) is 0 Å². The van der Waals surface area contributed by atoms with E-state index in [0.717, 1.165) is 5.57 Å². The lowest BCUT2D eigenvalue weighted by molar-refractivity contribution is -0.123. The summed E-state index contributed by atoms with van der Waals surface area (Å²) in [5.41, 5.74) is 0.987. The van der Waals surface area contributed by atoms with Gasteiger partial charge in [0.2, 0.25) is 0 Å². The molecule has 0 saturated heterocycles. The Labute approximate surface area is 107 Å². The molecule has 98 valence electrons. The normalized spacial score (nSPS) is 45.7. The fourth-order valence-electron chi connectivity index (χ4n) is 4.30. The molecule has 0 amide bonds. The van der Waals surface area contributed by atoms with Crippen LogP contribution in [0.2, 0.25) is 0 Å². The van der Waals surface area contributed by atoms with Crippen LogP contribution in [-0.4, -0.2) is 22.8 Å². The van der Waals surface area contributed by atoms with Crippen LogP contribution in [-0.2, 0) is 9.59 Å². The summed E-state index contributed by atoms with van der Waals surface area (Å²) < 4.78 is 0. The lowest BCUT2D eigenvalue weighted by Crippen LogP contribution is -2.35. The van der Waals surface area contributed by atoms with E-state index in [9.17, 15) is 14.7 Å². The zero-order valence-corrected chi connectivity index (χ0v) is 11.4. The Balaban J connectivity index is 2.15. The van der Waals surface area contributed by atoms with Gasteiger partial charge in [-0.2, -0.15) is 0 Å². The lowest BCUT2D eigenvalue weighted by atomic mass is 9.68. The van der Waals surface area contributed by atoms with Crippen molar-refractivity contribution in [2.24, 2.45) is 22.7 Å². The Kier molecular flexibility index (Phi) is 2.10. The van der Waals surface area contributed by atoms with Crippen LogP contribution >= 0.6 is 0 Å². The summed E-state index contributed by atoms with van der Waals surface area (Å²) in [7, 11) is 0. The highest BCUT2D eigenvalue weighted by Gasteiger charge is 2.64. The van der Waals surface area contributed by atoms with Crippen LogP contribution in [0.5, 0.6) is 0 Å². The van der Waals surface area contributed by atoms with Gasteiger partial charge in [-0.1, -0.05) is 33.3 Å². The molecule has 3 aliphatic rings. The van der Waals surface area contributed by atoms with E-state index in [1.54, 1.807) is 0 Å². The molecule has 18 heavy (non-hydrogen) atoms. The van der Waals surface area contributed by atoms with Gasteiger partial charge in [0.25, 0.3) is 0 Å². The van der Waals surface area contributed by atoms with Crippen molar-refractivity contribution < 1.29 is 14.7 Å². The second kappa shape index (κ2) is 3.13. The average Bonchev–Trinajstić information content (AvgIpc) is 2.74. The second-order valence-electron chi connectivity index (χ2n) is 7.01. The first-order valence-electron chi connectivity index (χ1n) is 6.70. The third-order valence-corrected chi connectivity index (χ3v) is 5.70. The monoisotopic (exact) mass is 248 g/mol. The number of fused-ring (bicyclic) bond motifs is 2. The maximum absolute atomic E-state index is 12.4. The summed E-state index contributed by atoms with van der Waals surface area (Å²) in [6.45, 7) is 7.87. The second-order valence-corrected chi connectivity index (χ2v) is 7.01. The van der Waals surface area contributed by atoms with Gasteiger partial charge in [0.1, 0.15) is 5.78 Å². The molecule has 3 rings (SSSR count). The minimum absolute atomic E-state index is 0.0775. The molecule has 0 aromatic carbocycles. The number of aliphatic hydroxyl groups excluding tert-OH is 1. The number of carbonyl (C=O) groups excluding carboxylic acids is 2. The molecule has 0 aromatic heterocycles. The van der Waals surface area contributed by atoms with Crippen LogP contribution in [0.4, 0.5) is 0 Å². The van der Waals surface area contributed by atoms with Gasteiger partial charge in [0.15, 0.2) is 5.78 Å². The van der Waals surface area contributed by atoms with E-state index >= 15 is 0 Å². The standard InChI is InChI=1S/C15H20O3/c1-7-10(16)5-8-12(17)11-9(15(7,8)4)6-14(2,3)13(11)18/h7-8,12,17H,5-6H2,1-4H3/t7-,8+,12+,15+/m0/s1. The van der Waals surface area contributed by atoms with E-state index in [4.69, 9.17) is 0 Å². The Morgan fingerprint density at radius 3 is 2.44 bits per heavy atom. The van der Waals surface area contributed by atoms with Crippen molar-refractivity contribution in [1.82, 2.24) is 0 Å². The fraction of sp³-hybridized carbons (Fsp3) is 0.733. The SMILES string of the molecule is C[C@H]1C(=O)C[C@@H]2[C@@H](O)C3=C(CC(C)(C)C3=O)[C@@]21C. The van der Waals surface area contributed by atoms with Gasteiger partial charge in [-0.3, -0.25) is 9.59 Å². The zero-order valence-electron chi connectivity index (χ0n) is 11.4. The predicted molar refractivity (Wildman–Crippen MR) is 66.8 cm³/mol. The molecule has 0 radical (unpaired) electrons. The molecule has 0 aromatic rings. The highest BCUT2D eigenvalue weighted by molar-refractivity contribution is 6.05. The summed E-state index contributed by atoms with van der Waals surface area (Å²) in [5.74, 6) is 0.155. The molecule has 0 heterocycles. The molecule has 1 saturated carbocycles. The maximum Gasteiger partial charge on any atom is 0.167 e. The van der Waals surface area contributed by atoms with E-state index in [-0.39, 0.29) is 28.8 Å². The summed E-state index contributed by atoms with van der Waals surface area (Å²) in [6, 6.07) is 0. The van der Waals surface area contributed by atoms with Crippen LogP contribution in [0, 0.1) is 22.7 Å². The van der Waals surface area contributed by atoms with Gasteiger partial charge >= 0.3 is 0 Å². The first-order chi connectivity index (χ1) is 8.21. The van der Waals surface area contributed by atoms with E-state index < -0.39 is 11.5 Å². The lowest BCUT2D eigenvalue weighted by Gasteiger charge is -2.34. The third-order valence-electron chi connectivity index (χ3n) is 5.70. The number of aliphatic hydroxyl groups is 1. The van der Waals surface area contributed by atoms with Gasteiger partial charge in [-0.15, -0.1) is 0 Å². The van der Waals surface area contributed by atoms with E-state index in [1.807, 2.05) is 20.8 Å². The molecule has 0 aliphatic heterocycles. The predicted octanol–water partition coefficient (Wildman–Crippen LogP) is 1.89. The molecule has 0 spiro atoms. The van der Waals surface area contributed by atoms with Gasteiger partial charge in [0.05, 0.1) is 6.10 Å². The average molecular weight is 248 g/mol. The zero-order chi connectivity index (χ0) is 13.5. The largest absolute Gasteiger partial charge is 0.388 e. The number of Topliss-reactive ketones (excluding diaryl/α,β-unsaturated/α-hetero) is 2. The highest BCUT2D eigenvalue weighted by Crippen LogP contribution is 2.63. The van der Waals surface area contributed by atoms with Crippen LogP contribution < -0.4 is 0 Å². The van der Waals surface area contributed by atoms with Crippen LogP contribution in [0.15, 0.2) is 11.1 Å². The number of hydrogen-bond donors (Lipinski definition) is 1. The molecule has 1 fully saturated rings. The van der Waals surface area contributed by atoms with Crippen molar-refractivity contribution in [2.45, 2.75) is 46.6 Å². The topological polar surface area (TPSA) is 54.4 Å². The number of ketones is 2. The minimum atomic E-state index is -0.729. The molecule has 3 heteroatoms. The van der Waals surface area contributed by atoms with E-state index in [2.05, 4.69) is 6.92 Å². The van der Waals surface area contributed by atoms with Gasteiger partial charge in [-0.25, -0.2) is 0 Å². The Morgan fingerprint density at radius 1 is 1.22 bits per heavy atom. The first-order valence-corrected chi connectivity index (χ1v) is 6.70. The number of hydrogen-bond acceptors (Lipinski definition) is 3. The van der Waals surface area contributed by atoms with Crippen LogP contribution in [0.1, 0.15) is 40.5 Å². The summed E-state index contributed by atoms with van der Waals surface area (Å²) in [6.07, 6.45) is 0.385. The van der Waals surface area contributed by atoms with Gasteiger partial charge < -0.3 is 5.11 Å². The molecule has 0 unspecified atom stereocenters. The van der Waals surface area contributed by atoms with E-state index in [0.29, 0.717) is 18.4 Å². The van der Waals surface area contributed by atoms with Crippen molar-refractivity contribution in [3.05, 3.63) is 11.1 Å². The molecule has 3 nitrogen and oxygen atoms in total. The van der Waals surface area contributed by atoms with Crippen molar-refractivity contribution in [3.63, 3.8) is 0 Å². The summed E-state index contributed by atoms with van der Waals surface area (Å²) in [5, 5.41) is 10.4. The maximum atomic E-state index is 12.4. The molecule has 1 N–H and O–H groups in total. The molecule has 4 atom stereocenters. The van der Waals surface area contributed by atoms with Crippen LogP contribution in [0.3, 0.4) is 0 Å². The van der Waals surface area contributed by atoms with Crippen molar-refractivity contribution in [1.29, 1.82) is 0 Å². The van der Waals surface area contributed by atoms with E-state index in [1.165, 1.54) is 0 Å². The van der Waals surface area contributed by atoms with Crippen molar-refractivity contribution >= 4 is 11.6 Å². The minimum Gasteiger partial charge on any atom is -0.388 e. The van der Waals surface area contributed by atoms with Crippen LogP contribution in [0.25, 0.3) is 0 Å².